The predicted molar refractivity (Wildman–Crippen MR) is 58.1 cm³/mol. The van der Waals surface area contributed by atoms with Crippen molar-refractivity contribution in [3.05, 3.63) is 11.5 Å². The molecule has 1 heterocycles. The number of nitrogens with zero attached hydrogens (tertiary/aromatic N) is 1. The van der Waals surface area contributed by atoms with Gasteiger partial charge in [-0.25, -0.2) is 0 Å². The van der Waals surface area contributed by atoms with Gasteiger partial charge >= 0.3 is 0 Å². The van der Waals surface area contributed by atoms with E-state index in [2.05, 4.69) is 24.2 Å². The molecule has 74 valence electrons. The van der Waals surface area contributed by atoms with Crippen molar-refractivity contribution in [3.63, 3.8) is 0 Å². The van der Waals surface area contributed by atoms with Crippen LogP contribution in [0.15, 0.2) is 16.4 Å². The van der Waals surface area contributed by atoms with E-state index in [0.717, 1.165) is 17.2 Å². The first-order valence-electron chi connectivity index (χ1n) is 4.52. The van der Waals surface area contributed by atoms with Gasteiger partial charge in [0, 0.05) is 10.8 Å². The third kappa shape index (κ3) is 2.95. The highest BCUT2D eigenvalue weighted by Gasteiger charge is 2.13. The van der Waals surface area contributed by atoms with Crippen molar-refractivity contribution in [1.82, 2.24) is 5.32 Å². The van der Waals surface area contributed by atoms with Crippen LogP contribution < -0.4 is 5.32 Å². The van der Waals surface area contributed by atoms with Crippen molar-refractivity contribution in [2.75, 3.05) is 6.54 Å². The van der Waals surface area contributed by atoms with Gasteiger partial charge in [0.15, 0.2) is 11.1 Å². The third-order valence-electron chi connectivity index (χ3n) is 1.75. The maximum Gasteiger partial charge on any atom is 0.191 e. The molecule has 2 N–H and O–H groups in total. The van der Waals surface area contributed by atoms with Gasteiger partial charge in [-0.3, -0.25) is 4.99 Å². The molecule has 0 bridgehead atoms. The van der Waals surface area contributed by atoms with Crippen molar-refractivity contribution >= 4 is 16.9 Å². The summed E-state index contributed by atoms with van der Waals surface area (Å²) in [5, 5.41) is 13.7. The largest absolute Gasteiger partial charge is 0.495 e. The highest BCUT2D eigenvalue weighted by Crippen LogP contribution is 2.17. The van der Waals surface area contributed by atoms with E-state index in [4.69, 9.17) is 0 Å². The molecule has 0 fully saturated rings. The van der Waals surface area contributed by atoms with Crippen LogP contribution in [0.25, 0.3) is 0 Å². The molecule has 1 aliphatic rings. The smallest absolute Gasteiger partial charge is 0.191 e. The average molecular weight is 200 g/mol. The highest BCUT2D eigenvalue weighted by atomic mass is 32.2. The Morgan fingerprint density at radius 2 is 2.31 bits per heavy atom. The monoisotopic (exact) mass is 200 g/mol. The number of aliphatic imine (C=N–C) groups is 1. The zero-order valence-electron chi connectivity index (χ0n) is 8.29. The van der Waals surface area contributed by atoms with Crippen LogP contribution in [-0.4, -0.2) is 22.1 Å². The minimum atomic E-state index is 0.292. The van der Waals surface area contributed by atoms with Crippen LogP contribution in [0.4, 0.5) is 0 Å². The maximum atomic E-state index is 9.53. The van der Waals surface area contributed by atoms with Crippen molar-refractivity contribution in [1.29, 1.82) is 0 Å². The Morgan fingerprint density at radius 3 is 2.77 bits per heavy atom. The van der Waals surface area contributed by atoms with Crippen LogP contribution in [0.2, 0.25) is 0 Å². The molecule has 0 saturated heterocycles. The summed E-state index contributed by atoms with van der Waals surface area (Å²) in [5.41, 5.74) is 0.980. The van der Waals surface area contributed by atoms with E-state index >= 15 is 0 Å². The molecule has 1 rings (SSSR count). The minimum absolute atomic E-state index is 0.292. The van der Waals surface area contributed by atoms with Gasteiger partial charge in [0.1, 0.15) is 0 Å². The number of nitrogens with one attached hydrogen (secondary N) is 1. The number of aliphatic hydroxyl groups is 1. The molecule has 13 heavy (non-hydrogen) atoms. The average Bonchev–Trinajstić information content (AvgIpc) is 2.03. The summed E-state index contributed by atoms with van der Waals surface area (Å²) in [7, 11) is 0. The molecule has 0 radical (unpaired) electrons. The van der Waals surface area contributed by atoms with Crippen LogP contribution >= 0.6 is 11.8 Å². The summed E-state index contributed by atoms with van der Waals surface area (Å²) in [6.45, 7) is 6.85. The van der Waals surface area contributed by atoms with Crippen molar-refractivity contribution in [3.8, 4) is 0 Å². The Morgan fingerprint density at radius 1 is 1.62 bits per heavy atom. The summed E-state index contributed by atoms with van der Waals surface area (Å²) in [5.74, 6) is 0.292. The van der Waals surface area contributed by atoms with Crippen molar-refractivity contribution in [2.45, 2.75) is 32.4 Å². The van der Waals surface area contributed by atoms with Crippen molar-refractivity contribution in [2.24, 2.45) is 4.99 Å². The second kappa shape index (κ2) is 4.56. The molecule has 0 aliphatic carbocycles. The van der Waals surface area contributed by atoms with Gasteiger partial charge in [0.05, 0.1) is 6.54 Å². The molecule has 1 aliphatic heterocycles. The Balaban J connectivity index is 2.54. The molecular weight excluding hydrogens is 184 g/mol. The minimum Gasteiger partial charge on any atom is -0.495 e. The normalized spacial score (nSPS) is 17.4. The van der Waals surface area contributed by atoms with Gasteiger partial charge in [-0.1, -0.05) is 32.5 Å². The molecule has 0 saturated carbocycles. The molecule has 0 aromatic carbocycles. The van der Waals surface area contributed by atoms with E-state index in [9.17, 15) is 5.11 Å². The number of amidine groups is 1. The molecule has 0 aromatic rings. The van der Waals surface area contributed by atoms with E-state index in [1.807, 2.05) is 6.92 Å². The summed E-state index contributed by atoms with van der Waals surface area (Å²) < 4.78 is 0. The Hall–Kier alpha value is -0.640. The SMILES string of the molecule is CCC1=C(O)NC(SC(C)C)=NC1. The number of hydrogen-bond acceptors (Lipinski definition) is 4. The first kappa shape index (κ1) is 10.4. The van der Waals surface area contributed by atoms with Crippen LogP contribution in [-0.2, 0) is 0 Å². The first-order chi connectivity index (χ1) is 6.13. The van der Waals surface area contributed by atoms with Gasteiger partial charge in [0.2, 0.25) is 0 Å². The van der Waals surface area contributed by atoms with Gasteiger partial charge in [-0.15, -0.1) is 0 Å². The van der Waals surface area contributed by atoms with Crippen LogP contribution in [0.5, 0.6) is 0 Å². The molecule has 4 heteroatoms. The number of aliphatic hydroxyl groups excluding tert-OH is 1. The number of rotatable bonds is 2. The van der Waals surface area contributed by atoms with E-state index < -0.39 is 0 Å². The topological polar surface area (TPSA) is 44.6 Å². The molecule has 3 nitrogen and oxygen atoms in total. The van der Waals surface area contributed by atoms with E-state index in [1.165, 1.54) is 0 Å². The lowest BCUT2D eigenvalue weighted by Gasteiger charge is -2.17. The molecule has 0 spiro atoms. The second-order valence-electron chi connectivity index (χ2n) is 3.22. The highest BCUT2D eigenvalue weighted by molar-refractivity contribution is 8.14. The Bertz CT molecular complexity index is 246. The fraction of sp³-hybridized carbons (Fsp3) is 0.667. The van der Waals surface area contributed by atoms with Gasteiger partial charge < -0.3 is 10.4 Å². The zero-order valence-corrected chi connectivity index (χ0v) is 9.11. The van der Waals surface area contributed by atoms with Gasteiger partial charge in [-0.2, -0.15) is 0 Å². The number of hydrogen-bond donors (Lipinski definition) is 2. The van der Waals surface area contributed by atoms with Crippen molar-refractivity contribution < 1.29 is 5.11 Å². The lowest BCUT2D eigenvalue weighted by atomic mass is 10.2. The maximum absolute atomic E-state index is 9.53. The Labute approximate surface area is 83.3 Å². The quantitative estimate of drug-likeness (QED) is 0.718. The van der Waals surface area contributed by atoms with E-state index in [1.54, 1.807) is 11.8 Å². The summed E-state index contributed by atoms with van der Waals surface area (Å²) in [6.07, 6.45) is 0.849. The third-order valence-corrected chi connectivity index (χ3v) is 2.67. The summed E-state index contributed by atoms with van der Waals surface area (Å²) in [6, 6.07) is 0. The molecule has 0 amide bonds. The molecule has 0 unspecified atom stereocenters. The first-order valence-corrected chi connectivity index (χ1v) is 5.40. The molecule has 0 aromatic heterocycles. The predicted octanol–water partition coefficient (Wildman–Crippen LogP) is 2.27. The fourth-order valence-corrected chi connectivity index (χ4v) is 1.78. The number of thioether (sulfide) groups is 1. The lowest BCUT2D eigenvalue weighted by Crippen LogP contribution is -2.27. The van der Waals surface area contributed by atoms with Crippen LogP contribution in [0.1, 0.15) is 27.2 Å². The molecular formula is C9H16N2OS. The van der Waals surface area contributed by atoms with E-state index in [0.29, 0.717) is 17.7 Å². The summed E-state index contributed by atoms with van der Waals surface area (Å²) >= 11 is 1.64. The Kier molecular flexibility index (Phi) is 3.66. The van der Waals surface area contributed by atoms with Gasteiger partial charge in [0.25, 0.3) is 0 Å². The lowest BCUT2D eigenvalue weighted by molar-refractivity contribution is 0.375. The van der Waals surface area contributed by atoms with Crippen LogP contribution in [0.3, 0.4) is 0 Å². The standard InChI is InChI=1S/C9H16N2OS/c1-4-7-5-10-9(11-8(7)12)13-6(2)3/h6,12H,4-5H2,1-3H3,(H,10,11). The molecule has 0 atom stereocenters. The van der Waals surface area contributed by atoms with Crippen LogP contribution in [0, 0.1) is 0 Å². The zero-order chi connectivity index (χ0) is 9.84. The summed E-state index contributed by atoms with van der Waals surface area (Å²) in [4.78, 5) is 4.32. The van der Waals surface area contributed by atoms with E-state index in [-0.39, 0.29) is 0 Å². The fourth-order valence-electron chi connectivity index (χ4n) is 1.04. The van der Waals surface area contributed by atoms with Gasteiger partial charge in [-0.05, 0) is 6.42 Å². The second-order valence-corrected chi connectivity index (χ2v) is 4.78.